The number of alkyl halides is 3. The summed E-state index contributed by atoms with van der Waals surface area (Å²) >= 11 is 0. The molecule has 0 heterocycles. The lowest BCUT2D eigenvalue weighted by atomic mass is 10.0. The molecule has 0 fully saturated rings. The van der Waals surface area contributed by atoms with E-state index in [1.165, 1.54) is 13.8 Å². The van der Waals surface area contributed by atoms with E-state index in [4.69, 9.17) is 5.11 Å². The lowest BCUT2D eigenvalue weighted by Crippen LogP contribution is -2.52. The standard InChI is InChI=1S/C15H19F3N2O5S/c1-8(2)12(14(22)23)19-13(21)9(3)20-26(24,25)11-7-5-4-6-10(11)15(16,17)18/h4-9,12,20H,1-3H3,(H,19,21)(H,22,23)/t9?,12-/m1/s1. The summed E-state index contributed by atoms with van der Waals surface area (Å²) in [7, 11) is -4.67. The molecule has 1 rings (SSSR count). The minimum absolute atomic E-state index is 0.480. The molecule has 0 radical (unpaired) electrons. The maximum atomic E-state index is 13.0. The van der Waals surface area contributed by atoms with Crippen molar-refractivity contribution in [3.8, 4) is 0 Å². The summed E-state index contributed by atoms with van der Waals surface area (Å²) in [5.74, 6) is -2.77. The number of halogens is 3. The van der Waals surface area contributed by atoms with E-state index >= 15 is 0 Å². The number of hydrogen-bond acceptors (Lipinski definition) is 4. The maximum Gasteiger partial charge on any atom is 0.417 e. The van der Waals surface area contributed by atoms with Gasteiger partial charge >= 0.3 is 12.1 Å². The van der Waals surface area contributed by atoms with Crippen molar-refractivity contribution in [3.63, 3.8) is 0 Å². The third-order valence-corrected chi connectivity index (χ3v) is 5.04. The quantitative estimate of drug-likeness (QED) is 0.648. The van der Waals surface area contributed by atoms with Crippen molar-refractivity contribution in [3.05, 3.63) is 29.8 Å². The van der Waals surface area contributed by atoms with E-state index in [2.05, 4.69) is 5.32 Å². The summed E-state index contributed by atoms with van der Waals surface area (Å²) in [5, 5.41) is 11.2. The number of nitrogens with one attached hydrogen (secondary N) is 2. The zero-order chi connectivity index (χ0) is 20.3. The van der Waals surface area contributed by atoms with Gasteiger partial charge in [-0.15, -0.1) is 0 Å². The number of carboxylic acid groups (broad SMARTS) is 1. The predicted octanol–water partition coefficient (Wildman–Crippen LogP) is 1.60. The Balaban J connectivity index is 3.04. The Kier molecular flexibility index (Phi) is 6.77. The zero-order valence-corrected chi connectivity index (χ0v) is 15.0. The summed E-state index contributed by atoms with van der Waals surface area (Å²) in [6.45, 7) is 4.17. The highest BCUT2D eigenvalue weighted by Crippen LogP contribution is 2.33. The summed E-state index contributed by atoms with van der Waals surface area (Å²) in [4.78, 5) is 22.1. The van der Waals surface area contributed by atoms with Crippen LogP contribution in [0.4, 0.5) is 13.2 Å². The van der Waals surface area contributed by atoms with Crippen LogP contribution >= 0.6 is 0 Å². The van der Waals surface area contributed by atoms with Crippen molar-refractivity contribution in [2.75, 3.05) is 0 Å². The third-order valence-electron chi connectivity index (χ3n) is 3.44. The SMILES string of the molecule is CC(NS(=O)(=O)c1ccccc1C(F)(F)F)C(=O)N[C@@H](C(=O)O)C(C)C. The molecule has 3 N–H and O–H groups in total. The Morgan fingerprint density at radius 3 is 2.12 bits per heavy atom. The molecule has 1 amide bonds. The van der Waals surface area contributed by atoms with Gasteiger partial charge in [0.05, 0.1) is 16.5 Å². The van der Waals surface area contributed by atoms with Crippen LogP contribution in [-0.2, 0) is 25.8 Å². The van der Waals surface area contributed by atoms with Crippen molar-refractivity contribution in [1.29, 1.82) is 0 Å². The number of benzene rings is 1. The van der Waals surface area contributed by atoms with Crippen LogP contribution in [0.5, 0.6) is 0 Å². The molecular formula is C15H19F3N2O5S. The second-order valence-corrected chi connectivity index (χ2v) is 7.59. The van der Waals surface area contributed by atoms with Crippen molar-refractivity contribution in [2.45, 2.75) is 43.9 Å². The monoisotopic (exact) mass is 396 g/mol. The number of sulfonamides is 1. The molecule has 1 aromatic carbocycles. The second-order valence-electron chi connectivity index (χ2n) is 5.91. The fourth-order valence-electron chi connectivity index (χ4n) is 2.08. The molecule has 0 aliphatic heterocycles. The maximum absolute atomic E-state index is 13.0. The van der Waals surface area contributed by atoms with E-state index < -0.39 is 56.5 Å². The minimum Gasteiger partial charge on any atom is -0.480 e. The molecule has 1 unspecified atom stereocenters. The van der Waals surface area contributed by atoms with Crippen LogP contribution in [0.1, 0.15) is 26.3 Å². The first-order valence-electron chi connectivity index (χ1n) is 7.49. The number of carboxylic acids is 1. The van der Waals surface area contributed by atoms with Gasteiger partial charge in [0.1, 0.15) is 6.04 Å². The van der Waals surface area contributed by atoms with Gasteiger partial charge in [-0.2, -0.15) is 17.9 Å². The van der Waals surface area contributed by atoms with Crippen LogP contribution < -0.4 is 10.0 Å². The molecule has 0 spiro atoms. The average molecular weight is 396 g/mol. The summed E-state index contributed by atoms with van der Waals surface area (Å²) in [6.07, 6.45) is -4.90. The Labute approximate surface area is 148 Å². The Bertz CT molecular complexity index is 778. The second kappa shape index (κ2) is 8.04. The molecule has 7 nitrogen and oxygen atoms in total. The first-order chi connectivity index (χ1) is 11.8. The predicted molar refractivity (Wildman–Crippen MR) is 85.6 cm³/mol. The molecular weight excluding hydrogens is 377 g/mol. The number of carbonyl (C=O) groups is 2. The summed E-state index contributed by atoms with van der Waals surface area (Å²) in [6, 6.07) is 0.785. The smallest absolute Gasteiger partial charge is 0.417 e. The molecule has 11 heteroatoms. The molecule has 0 bridgehead atoms. The zero-order valence-electron chi connectivity index (χ0n) is 14.2. The van der Waals surface area contributed by atoms with Gasteiger partial charge in [-0.25, -0.2) is 13.2 Å². The molecule has 1 aromatic rings. The van der Waals surface area contributed by atoms with Gasteiger partial charge in [0.25, 0.3) is 0 Å². The van der Waals surface area contributed by atoms with E-state index in [0.717, 1.165) is 25.1 Å². The average Bonchev–Trinajstić information content (AvgIpc) is 2.50. The summed E-state index contributed by atoms with van der Waals surface area (Å²) in [5.41, 5.74) is -1.37. The highest BCUT2D eigenvalue weighted by Gasteiger charge is 2.37. The van der Waals surface area contributed by atoms with Gasteiger partial charge in [-0.3, -0.25) is 4.79 Å². The van der Waals surface area contributed by atoms with Crippen LogP contribution in [0.25, 0.3) is 0 Å². The number of aliphatic carboxylic acids is 1. The van der Waals surface area contributed by atoms with E-state index in [-0.39, 0.29) is 0 Å². The lowest BCUT2D eigenvalue weighted by molar-refractivity contribution is -0.143. The van der Waals surface area contributed by atoms with Gasteiger partial charge in [-0.05, 0) is 25.0 Å². The number of hydrogen-bond donors (Lipinski definition) is 3. The van der Waals surface area contributed by atoms with Gasteiger partial charge < -0.3 is 10.4 Å². The fraction of sp³-hybridized carbons (Fsp3) is 0.467. The molecule has 0 saturated carbocycles. The molecule has 146 valence electrons. The Morgan fingerprint density at radius 2 is 1.65 bits per heavy atom. The molecule has 0 saturated heterocycles. The van der Waals surface area contributed by atoms with Crippen LogP contribution in [0.2, 0.25) is 0 Å². The van der Waals surface area contributed by atoms with Crippen LogP contribution in [0.15, 0.2) is 29.2 Å². The summed E-state index contributed by atoms with van der Waals surface area (Å²) < 4.78 is 65.3. The van der Waals surface area contributed by atoms with E-state index in [1.54, 1.807) is 0 Å². The molecule has 2 atom stereocenters. The third kappa shape index (κ3) is 5.43. The topological polar surface area (TPSA) is 113 Å². The molecule has 0 aliphatic carbocycles. The number of amides is 1. The van der Waals surface area contributed by atoms with Gasteiger partial charge in [0.2, 0.25) is 15.9 Å². The number of rotatable bonds is 7. The van der Waals surface area contributed by atoms with Crippen molar-refractivity contribution in [2.24, 2.45) is 5.92 Å². The lowest BCUT2D eigenvalue weighted by Gasteiger charge is -2.21. The highest BCUT2D eigenvalue weighted by molar-refractivity contribution is 7.89. The fourth-order valence-corrected chi connectivity index (χ4v) is 3.51. The molecule has 26 heavy (non-hydrogen) atoms. The minimum atomic E-state index is -4.90. The van der Waals surface area contributed by atoms with E-state index in [9.17, 15) is 31.2 Å². The number of carbonyl (C=O) groups excluding carboxylic acids is 1. The van der Waals surface area contributed by atoms with E-state index in [0.29, 0.717) is 6.07 Å². The van der Waals surface area contributed by atoms with Crippen molar-refractivity contribution >= 4 is 21.9 Å². The van der Waals surface area contributed by atoms with Crippen LogP contribution in [0, 0.1) is 5.92 Å². The van der Waals surface area contributed by atoms with Crippen molar-refractivity contribution < 1.29 is 36.3 Å². The van der Waals surface area contributed by atoms with Gasteiger partial charge in [-0.1, -0.05) is 26.0 Å². The normalized spacial score (nSPS) is 14.7. The molecule has 0 aliphatic rings. The van der Waals surface area contributed by atoms with Gasteiger partial charge in [0, 0.05) is 0 Å². The van der Waals surface area contributed by atoms with E-state index in [1.807, 2.05) is 4.72 Å². The Morgan fingerprint density at radius 1 is 1.12 bits per heavy atom. The van der Waals surface area contributed by atoms with Gasteiger partial charge in [0.15, 0.2) is 0 Å². The molecule has 0 aromatic heterocycles. The largest absolute Gasteiger partial charge is 0.480 e. The van der Waals surface area contributed by atoms with Crippen LogP contribution in [0.3, 0.4) is 0 Å². The van der Waals surface area contributed by atoms with Crippen molar-refractivity contribution in [1.82, 2.24) is 10.0 Å². The Hall–Kier alpha value is -2.14. The highest BCUT2D eigenvalue weighted by atomic mass is 32.2. The first kappa shape index (κ1) is 21.9. The van der Waals surface area contributed by atoms with Crippen LogP contribution in [-0.4, -0.2) is 37.5 Å². The first-order valence-corrected chi connectivity index (χ1v) is 8.97.